The maximum atomic E-state index is 5.92. The zero-order valence-electron chi connectivity index (χ0n) is 12.8. The molecule has 0 saturated carbocycles. The summed E-state index contributed by atoms with van der Waals surface area (Å²) in [6.07, 6.45) is 3.11. The highest BCUT2D eigenvalue weighted by atomic mass is 35.5. The molecule has 0 aliphatic carbocycles. The third kappa shape index (κ3) is 4.55. The Morgan fingerprint density at radius 1 is 1.29 bits per heavy atom. The first-order chi connectivity index (χ1) is 10.1. The molecule has 2 aromatic rings. The Morgan fingerprint density at radius 3 is 2.67 bits per heavy atom. The van der Waals surface area contributed by atoms with E-state index in [1.54, 1.807) is 0 Å². The van der Waals surface area contributed by atoms with Gasteiger partial charge in [-0.1, -0.05) is 42.2 Å². The summed E-state index contributed by atoms with van der Waals surface area (Å²) in [4.78, 5) is 6.62. The number of aromatic nitrogens is 2. The zero-order chi connectivity index (χ0) is 15.2. The Kier molecular flexibility index (Phi) is 5.76. The molecule has 0 N–H and O–H groups in total. The number of unbranched alkanes of at least 4 members (excludes halogenated alkanes) is 1. The van der Waals surface area contributed by atoms with Gasteiger partial charge in [0.2, 0.25) is 5.89 Å². The van der Waals surface area contributed by atoms with Crippen molar-refractivity contribution in [1.82, 2.24) is 15.0 Å². The van der Waals surface area contributed by atoms with Gasteiger partial charge in [-0.25, -0.2) is 0 Å². The van der Waals surface area contributed by atoms with E-state index >= 15 is 0 Å². The second-order valence-corrected chi connectivity index (χ2v) is 5.79. The molecule has 1 heterocycles. The summed E-state index contributed by atoms with van der Waals surface area (Å²) < 4.78 is 5.31. The van der Waals surface area contributed by atoms with Crippen LogP contribution in [0.15, 0.2) is 28.8 Å². The number of halogens is 1. The van der Waals surface area contributed by atoms with Crippen LogP contribution in [0.3, 0.4) is 0 Å². The van der Waals surface area contributed by atoms with Crippen molar-refractivity contribution in [2.75, 3.05) is 7.05 Å². The first kappa shape index (κ1) is 16.0. The number of rotatable bonds is 7. The monoisotopic (exact) mass is 307 g/mol. The van der Waals surface area contributed by atoms with E-state index < -0.39 is 0 Å². The Labute approximate surface area is 131 Å². The quantitative estimate of drug-likeness (QED) is 0.766. The molecule has 0 fully saturated rings. The molecule has 0 radical (unpaired) electrons. The highest BCUT2D eigenvalue weighted by molar-refractivity contribution is 6.30. The topological polar surface area (TPSA) is 42.2 Å². The number of benzene rings is 1. The van der Waals surface area contributed by atoms with Crippen LogP contribution in [0.4, 0.5) is 0 Å². The first-order valence-electron chi connectivity index (χ1n) is 7.37. The summed E-state index contributed by atoms with van der Waals surface area (Å²) in [5.74, 6) is 1.48. The normalized spacial score (nSPS) is 12.8. The molecule has 1 atom stereocenters. The average molecular weight is 308 g/mol. The smallest absolute Gasteiger partial charge is 0.240 e. The lowest BCUT2D eigenvalue weighted by Crippen LogP contribution is -2.22. The predicted octanol–water partition coefficient (Wildman–Crippen LogP) is 4.26. The van der Waals surface area contributed by atoms with Crippen LogP contribution < -0.4 is 0 Å². The molecule has 0 aliphatic heterocycles. The molecule has 1 aromatic carbocycles. The molecule has 2 rings (SSSR count). The third-order valence-electron chi connectivity index (χ3n) is 3.66. The summed E-state index contributed by atoms with van der Waals surface area (Å²) in [5, 5.41) is 4.78. The zero-order valence-corrected chi connectivity index (χ0v) is 13.6. The van der Waals surface area contributed by atoms with Crippen LogP contribution in [-0.2, 0) is 13.0 Å². The van der Waals surface area contributed by atoms with Crippen LogP contribution in [0.25, 0.3) is 0 Å². The van der Waals surface area contributed by atoms with Gasteiger partial charge >= 0.3 is 0 Å². The molecular weight excluding hydrogens is 286 g/mol. The molecule has 0 spiro atoms. The lowest BCUT2D eigenvalue weighted by atomic mass is 10.1. The molecule has 5 heteroatoms. The van der Waals surface area contributed by atoms with Crippen molar-refractivity contribution in [2.45, 2.75) is 45.7 Å². The minimum absolute atomic E-state index is 0.258. The van der Waals surface area contributed by atoms with Gasteiger partial charge in [0.1, 0.15) is 0 Å². The molecule has 0 aliphatic rings. The Balaban J connectivity index is 1.95. The Morgan fingerprint density at radius 2 is 2.00 bits per heavy atom. The van der Waals surface area contributed by atoms with Crippen LogP contribution in [0.2, 0.25) is 5.02 Å². The second kappa shape index (κ2) is 7.57. The number of hydrogen-bond acceptors (Lipinski definition) is 4. The average Bonchev–Trinajstić information content (AvgIpc) is 2.92. The highest BCUT2D eigenvalue weighted by Crippen LogP contribution is 2.22. The minimum Gasteiger partial charge on any atom is -0.338 e. The van der Waals surface area contributed by atoms with Gasteiger partial charge in [-0.15, -0.1) is 0 Å². The number of nitrogens with zero attached hydrogens (tertiary/aromatic N) is 3. The molecular formula is C16H22ClN3O. The SMILES string of the molecule is CCCCc1noc(CN(C)C(C)c2ccc(Cl)cc2)n1. The molecule has 114 valence electrons. The number of aryl methyl sites for hydroxylation is 1. The van der Waals surface area contributed by atoms with Crippen molar-refractivity contribution in [3.05, 3.63) is 46.6 Å². The lowest BCUT2D eigenvalue weighted by Gasteiger charge is -2.23. The highest BCUT2D eigenvalue weighted by Gasteiger charge is 2.15. The first-order valence-corrected chi connectivity index (χ1v) is 7.75. The second-order valence-electron chi connectivity index (χ2n) is 5.35. The molecule has 0 amide bonds. The van der Waals surface area contributed by atoms with E-state index in [0.717, 1.165) is 30.1 Å². The lowest BCUT2D eigenvalue weighted by molar-refractivity contribution is 0.216. The van der Waals surface area contributed by atoms with Gasteiger partial charge < -0.3 is 4.52 Å². The standard InChI is InChI=1S/C16H22ClN3O/c1-4-5-6-15-18-16(21-19-15)11-20(3)12(2)13-7-9-14(17)10-8-13/h7-10,12H,4-6,11H2,1-3H3. The summed E-state index contributed by atoms with van der Waals surface area (Å²) >= 11 is 5.92. The van der Waals surface area contributed by atoms with E-state index in [4.69, 9.17) is 16.1 Å². The largest absolute Gasteiger partial charge is 0.338 e. The van der Waals surface area contributed by atoms with Crippen LogP contribution in [0.1, 0.15) is 50.0 Å². The van der Waals surface area contributed by atoms with E-state index in [2.05, 4.69) is 35.9 Å². The van der Waals surface area contributed by atoms with E-state index in [1.165, 1.54) is 5.56 Å². The molecule has 1 aromatic heterocycles. The van der Waals surface area contributed by atoms with Crippen molar-refractivity contribution >= 4 is 11.6 Å². The van der Waals surface area contributed by atoms with Gasteiger partial charge in [0, 0.05) is 17.5 Å². The van der Waals surface area contributed by atoms with Gasteiger partial charge in [0.05, 0.1) is 6.54 Å². The Bertz CT molecular complexity index is 553. The van der Waals surface area contributed by atoms with E-state index in [0.29, 0.717) is 12.4 Å². The van der Waals surface area contributed by atoms with Gasteiger partial charge in [-0.3, -0.25) is 4.90 Å². The van der Waals surface area contributed by atoms with Crippen LogP contribution in [0, 0.1) is 0 Å². The predicted molar refractivity (Wildman–Crippen MR) is 84.2 cm³/mol. The van der Waals surface area contributed by atoms with Crippen molar-refractivity contribution < 1.29 is 4.52 Å². The summed E-state index contributed by atoms with van der Waals surface area (Å²) in [7, 11) is 2.05. The molecule has 0 bridgehead atoms. The van der Waals surface area contributed by atoms with E-state index in [1.807, 2.05) is 24.3 Å². The van der Waals surface area contributed by atoms with Gasteiger partial charge in [-0.05, 0) is 38.1 Å². The van der Waals surface area contributed by atoms with Crippen molar-refractivity contribution in [3.63, 3.8) is 0 Å². The molecule has 1 unspecified atom stereocenters. The van der Waals surface area contributed by atoms with Gasteiger partial charge in [0.15, 0.2) is 5.82 Å². The van der Waals surface area contributed by atoms with Crippen LogP contribution >= 0.6 is 11.6 Å². The van der Waals surface area contributed by atoms with Crippen LogP contribution in [-0.4, -0.2) is 22.1 Å². The van der Waals surface area contributed by atoms with E-state index in [9.17, 15) is 0 Å². The van der Waals surface area contributed by atoms with Gasteiger partial charge in [-0.2, -0.15) is 4.98 Å². The van der Waals surface area contributed by atoms with E-state index in [-0.39, 0.29) is 6.04 Å². The Hall–Kier alpha value is -1.39. The maximum absolute atomic E-state index is 5.92. The van der Waals surface area contributed by atoms with Crippen molar-refractivity contribution in [2.24, 2.45) is 0 Å². The third-order valence-corrected chi connectivity index (χ3v) is 3.91. The fourth-order valence-electron chi connectivity index (χ4n) is 2.14. The summed E-state index contributed by atoms with van der Waals surface area (Å²) in [6, 6.07) is 8.18. The van der Waals surface area contributed by atoms with Gasteiger partial charge in [0.25, 0.3) is 0 Å². The summed E-state index contributed by atoms with van der Waals surface area (Å²) in [5.41, 5.74) is 1.22. The summed E-state index contributed by atoms with van der Waals surface area (Å²) in [6.45, 7) is 4.95. The number of hydrogen-bond donors (Lipinski definition) is 0. The molecule has 0 saturated heterocycles. The fourth-order valence-corrected chi connectivity index (χ4v) is 2.26. The minimum atomic E-state index is 0.258. The van der Waals surface area contributed by atoms with Crippen molar-refractivity contribution in [3.8, 4) is 0 Å². The maximum Gasteiger partial charge on any atom is 0.240 e. The van der Waals surface area contributed by atoms with Crippen molar-refractivity contribution in [1.29, 1.82) is 0 Å². The van der Waals surface area contributed by atoms with Crippen LogP contribution in [0.5, 0.6) is 0 Å². The molecule has 21 heavy (non-hydrogen) atoms. The fraction of sp³-hybridized carbons (Fsp3) is 0.500. The molecule has 4 nitrogen and oxygen atoms in total.